The summed E-state index contributed by atoms with van der Waals surface area (Å²) in [6.07, 6.45) is 1.85. The number of rotatable bonds is 6. The number of nitrogens with one attached hydrogen (secondary N) is 1. The van der Waals surface area contributed by atoms with E-state index in [0.29, 0.717) is 36.5 Å². The van der Waals surface area contributed by atoms with Crippen molar-refractivity contribution >= 4 is 34.8 Å². The van der Waals surface area contributed by atoms with Crippen LogP contribution in [0.4, 0.5) is 5.69 Å². The van der Waals surface area contributed by atoms with Gasteiger partial charge in [-0.2, -0.15) is 0 Å². The van der Waals surface area contributed by atoms with Gasteiger partial charge in [0.15, 0.2) is 5.69 Å². The zero-order chi connectivity index (χ0) is 17.8. The maximum Gasteiger partial charge on any atom is 0.355 e. The van der Waals surface area contributed by atoms with Crippen molar-refractivity contribution in [2.24, 2.45) is 0 Å². The molecule has 0 radical (unpaired) electrons. The van der Waals surface area contributed by atoms with Crippen molar-refractivity contribution in [3.8, 4) is 0 Å². The van der Waals surface area contributed by atoms with Gasteiger partial charge in [-0.25, -0.2) is 9.78 Å². The predicted octanol–water partition coefficient (Wildman–Crippen LogP) is 1.94. The summed E-state index contributed by atoms with van der Waals surface area (Å²) in [6, 6.07) is 6.99. The number of benzene rings is 1. The number of carboxylic acids is 1. The van der Waals surface area contributed by atoms with Gasteiger partial charge in [-0.15, -0.1) is 11.3 Å². The minimum absolute atomic E-state index is 0.0225. The molecule has 8 heteroatoms. The van der Waals surface area contributed by atoms with Crippen molar-refractivity contribution in [1.29, 1.82) is 0 Å². The average Bonchev–Trinajstić information content (AvgIpc) is 3.24. The summed E-state index contributed by atoms with van der Waals surface area (Å²) in [4.78, 5) is 40.5. The van der Waals surface area contributed by atoms with Crippen LogP contribution >= 0.6 is 11.3 Å². The molecule has 1 aliphatic heterocycles. The lowest BCUT2D eigenvalue weighted by Crippen LogP contribution is -2.27. The first-order chi connectivity index (χ1) is 12.0. The lowest BCUT2D eigenvalue weighted by atomic mass is 10.1. The molecule has 1 aromatic carbocycles. The molecule has 2 N–H and O–H groups in total. The Hall–Kier alpha value is -2.74. The van der Waals surface area contributed by atoms with Crippen LogP contribution in [0.1, 0.15) is 38.7 Å². The van der Waals surface area contributed by atoms with Gasteiger partial charge in [0.1, 0.15) is 0 Å². The molecule has 25 heavy (non-hydrogen) atoms. The highest BCUT2D eigenvalue weighted by atomic mass is 32.1. The number of amides is 2. The van der Waals surface area contributed by atoms with Crippen molar-refractivity contribution < 1.29 is 19.5 Å². The van der Waals surface area contributed by atoms with Crippen LogP contribution in [0, 0.1) is 0 Å². The third kappa shape index (κ3) is 4.03. The van der Waals surface area contributed by atoms with Gasteiger partial charge in [-0.05, 0) is 24.6 Å². The highest BCUT2D eigenvalue weighted by Crippen LogP contribution is 2.22. The number of anilines is 1. The van der Waals surface area contributed by atoms with Crippen molar-refractivity contribution in [3.05, 3.63) is 45.9 Å². The number of hydrogen-bond donors (Lipinski definition) is 2. The summed E-state index contributed by atoms with van der Waals surface area (Å²) in [7, 11) is 0. The van der Waals surface area contributed by atoms with Gasteiger partial charge in [0.05, 0.1) is 5.01 Å². The van der Waals surface area contributed by atoms with Gasteiger partial charge >= 0.3 is 5.97 Å². The molecule has 0 bridgehead atoms. The molecule has 1 aromatic heterocycles. The second-order valence-electron chi connectivity index (χ2n) is 5.64. The number of aromatic nitrogens is 1. The number of hydrogen-bond acceptors (Lipinski definition) is 5. The third-order valence-electron chi connectivity index (χ3n) is 3.89. The van der Waals surface area contributed by atoms with Crippen LogP contribution < -0.4 is 10.2 Å². The molecule has 0 aliphatic carbocycles. The van der Waals surface area contributed by atoms with E-state index in [2.05, 4.69) is 10.3 Å². The number of nitrogens with zero attached hydrogens (tertiary/aromatic N) is 2. The summed E-state index contributed by atoms with van der Waals surface area (Å²) in [5, 5.41) is 13.8. The summed E-state index contributed by atoms with van der Waals surface area (Å²) < 4.78 is 0. The van der Waals surface area contributed by atoms with Crippen LogP contribution in [-0.2, 0) is 11.2 Å². The maximum atomic E-state index is 12.3. The van der Waals surface area contributed by atoms with E-state index in [-0.39, 0.29) is 17.5 Å². The minimum Gasteiger partial charge on any atom is -0.476 e. The van der Waals surface area contributed by atoms with Crippen molar-refractivity contribution in [1.82, 2.24) is 10.3 Å². The van der Waals surface area contributed by atoms with Gasteiger partial charge in [-0.3, -0.25) is 9.59 Å². The molecular formula is C17H17N3O4S. The number of carbonyl (C=O) groups is 3. The first kappa shape index (κ1) is 17.1. The van der Waals surface area contributed by atoms with E-state index < -0.39 is 5.97 Å². The van der Waals surface area contributed by atoms with E-state index in [1.165, 1.54) is 16.7 Å². The van der Waals surface area contributed by atoms with Crippen LogP contribution in [-0.4, -0.2) is 41.0 Å². The van der Waals surface area contributed by atoms with Gasteiger partial charge in [0, 0.05) is 42.6 Å². The molecule has 0 unspecified atom stereocenters. The molecule has 2 amide bonds. The lowest BCUT2D eigenvalue weighted by Gasteiger charge is -2.16. The van der Waals surface area contributed by atoms with Crippen molar-refractivity contribution in [2.45, 2.75) is 19.3 Å². The van der Waals surface area contributed by atoms with E-state index in [4.69, 9.17) is 5.11 Å². The maximum absolute atomic E-state index is 12.3. The Morgan fingerprint density at radius 3 is 2.88 bits per heavy atom. The first-order valence-electron chi connectivity index (χ1n) is 7.91. The molecular weight excluding hydrogens is 342 g/mol. The number of aromatic carboxylic acids is 1. The Bertz CT molecular complexity index is 818. The van der Waals surface area contributed by atoms with E-state index in [0.717, 1.165) is 12.1 Å². The fourth-order valence-electron chi connectivity index (χ4n) is 2.65. The zero-order valence-corrected chi connectivity index (χ0v) is 14.2. The molecule has 1 aliphatic rings. The van der Waals surface area contributed by atoms with Crippen LogP contribution in [0.15, 0.2) is 29.6 Å². The van der Waals surface area contributed by atoms with Crippen LogP contribution in [0.2, 0.25) is 0 Å². The van der Waals surface area contributed by atoms with Gasteiger partial charge in [-0.1, -0.05) is 6.07 Å². The summed E-state index contributed by atoms with van der Waals surface area (Å²) in [6.45, 7) is 1.04. The van der Waals surface area contributed by atoms with E-state index in [1.54, 1.807) is 23.1 Å². The fourth-order valence-corrected chi connectivity index (χ4v) is 3.42. The highest BCUT2D eigenvalue weighted by Gasteiger charge is 2.22. The summed E-state index contributed by atoms with van der Waals surface area (Å²) in [5.41, 5.74) is 1.25. The number of thiazole rings is 1. The Morgan fingerprint density at radius 1 is 1.36 bits per heavy atom. The van der Waals surface area contributed by atoms with E-state index >= 15 is 0 Å². The standard InChI is InChI=1S/C17H17N3O4S/c21-15-5-2-8-20(15)12-4-1-3-11(9-12)16(22)18-7-6-14-19-13(10-25-14)17(23)24/h1,3-4,9-10H,2,5-8H2,(H,18,22)(H,23,24). The van der Waals surface area contributed by atoms with Crippen molar-refractivity contribution in [2.75, 3.05) is 18.0 Å². The molecule has 0 spiro atoms. The third-order valence-corrected chi connectivity index (χ3v) is 4.80. The largest absolute Gasteiger partial charge is 0.476 e. The lowest BCUT2D eigenvalue weighted by molar-refractivity contribution is -0.117. The monoisotopic (exact) mass is 359 g/mol. The van der Waals surface area contributed by atoms with Gasteiger partial charge in [0.25, 0.3) is 5.91 Å². The fraction of sp³-hybridized carbons (Fsp3) is 0.294. The van der Waals surface area contributed by atoms with Crippen LogP contribution in [0.25, 0.3) is 0 Å². The first-order valence-corrected chi connectivity index (χ1v) is 8.79. The van der Waals surface area contributed by atoms with E-state index in [9.17, 15) is 14.4 Å². The molecule has 7 nitrogen and oxygen atoms in total. The van der Waals surface area contributed by atoms with Crippen molar-refractivity contribution in [3.63, 3.8) is 0 Å². The molecule has 1 saturated heterocycles. The average molecular weight is 359 g/mol. The number of carbonyl (C=O) groups excluding carboxylic acids is 2. The SMILES string of the molecule is O=C(NCCc1nc(C(=O)O)cs1)c1cccc(N2CCCC2=O)c1. The summed E-state index contributed by atoms with van der Waals surface area (Å²) in [5.74, 6) is -1.21. The Morgan fingerprint density at radius 2 is 2.20 bits per heavy atom. The molecule has 1 fully saturated rings. The number of carboxylic acid groups (broad SMARTS) is 1. The topological polar surface area (TPSA) is 99.6 Å². The van der Waals surface area contributed by atoms with E-state index in [1.807, 2.05) is 6.07 Å². The van der Waals surface area contributed by atoms with Gasteiger partial charge in [0.2, 0.25) is 5.91 Å². The second-order valence-corrected chi connectivity index (χ2v) is 6.58. The second kappa shape index (κ2) is 7.43. The molecule has 0 atom stereocenters. The normalized spacial score (nSPS) is 13.9. The molecule has 130 valence electrons. The van der Waals surface area contributed by atoms with Crippen LogP contribution in [0.5, 0.6) is 0 Å². The molecule has 3 rings (SSSR count). The highest BCUT2D eigenvalue weighted by molar-refractivity contribution is 7.09. The van der Waals surface area contributed by atoms with Crippen LogP contribution in [0.3, 0.4) is 0 Å². The molecule has 2 aromatic rings. The van der Waals surface area contributed by atoms with Gasteiger partial charge < -0.3 is 15.3 Å². The minimum atomic E-state index is -1.06. The Balaban J connectivity index is 1.57. The Labute approximate surface area is 148 Å². The molecule has 0 saturated carbocycles. The smallest absolute Gasteiger partial charge is 0.355 e. The zero-order valence-electron chi connectivity index (χ0n) is 13.4. The Kier molecular flexibility index (Phi) is 5.08. The molecule has 2 heterocycles. The quantitative estimate of drug-likeness (QED) is 0.821. The summed E-state index contributed by atoms with van der Waals surface area (Å²) >= 11 is 1.26. The predicted molar refractivity (Wildman–Crippen MR) is 93.1 cm³/mol.